The molecule has 0 amide bonds. The lowest BCUT2D eigenvalue weighted by molar-refractivity contribution is -0.111. The van der Waals surface area contributed by atoms with Gasteiger partial charge in [-0.2, -0.15) is 0 Å². The second-order valence-electron chi connectivity index (χ2n) is 6.45. The van der Waals surface area contributed by atoms with E-state index in [9.17, 15) is 4.79 Å². The van der Waals surface area contributed by atoms with Crippen LogP contribution in [0.3, 0.4) is 0 Å². The first-order valence-corrected chi connectivity index (χ1v) is 13.5. The molecule has 0 aromatic rings. The van der Waals surface area contributed by atoms with Crippen LogP contribution in [0.2, 0.25) is 0 Å². The van der Waals surface area contributed by atoms with Crippen LogP contribution in [-0.2, 0) is 22.5 Å². The van der Waals surface area contributed by atoms with Crippen molar-refractivity contribution in [3.63, 3.8) is 0 Å². The topological polar surface area (TPSA) is 54.0 Å². The predicted octanol–water partition coefficient (Wildman–Crippen LogP) is 5.73. The molecule has 0 atom stereocenters. The van der Waals surface area contributed by atoms with Gasteiger partial charge in [0.05, 0.1) is 6.61 Å². The van der Waals surface area contributed by atoms with Gasteiger partial charge in [-0.15, -0.1) is 0 Å². The van der Waals surface area contributed by atoms with Crippen LogP contribution in [0.25, 0.3) is 0 Å². The number of carbonyl (C=O) groups excluding carboxylic acids is 1. The summed E-state index contributed by atoms with van der Waals surface area (Å²) >= 11 is 1.34. The van der Waals surface area contributed by atoms with Gasteiger partial charge in [0.1, 0.15) is 0 Å². The van der Waals surface area contributed by atoms with Crippen molar-refractivity contribution in [2.24, 2.45) is 0 Å². The summed E-state index contributed by atoms with van der Waals surface area (Å²) in [6.07, 6.45) is 12.1. The Labute approximate surface area is 172 Å². The molecule has 0 aliphatic carbocycles. The minimum atomic E-state index is -3.04. The fourth-order valence-electron chi connectivity index (χ4n) is 2.75. The first-order valence-electron chi connectivity index (χ1n) is 10.9. The maximum atomic E-state index is 12.0. The quantitative estimate of drug-likeness (QED) is 0.184. The van der Waals surface area contributed by atoms with Gasteiger partial charge in [0, 0.05) is 32.0 Å². The molecule has 0 spiro atoms. The summed E-state index contributed by atoms with van der Waals surface area (Å²) in [6, 6.07) is 0. The Morgan fingerprint density at radius 2 is 1.19 bits per heavy atom. The smallest absolute Gasteiger partial charge is 0.351 e. The van der Waals surface area contributed by atoms with E-state index in [0.29, 0.717) is 38.6 Å². The molecule has 0 aromatic carbocycles. The van der Waals surface area contributed by atoms with Crippen molar-refractivity contribution in [1.29, 1.82) is 0 Å². The molecule has 0 bridgehead atoms. The van der Waals surface area contributed by atoms with E-state index in [-0.39, 0.29) is 5.12 Å². The lowest BCUT2D eigenvalue weighted by Gasteiger charge is -2.26. The molecular formula is C20H42O5SSi. The van der Waals surface area contributed by atoms with Crippen LogP contribution in [0.5, 0.6) is 0 Å². The number of hydrogen-bond donors (Lipinski definition) is 0. The van der Waals surface area contributed by atoms with E-state index in [1.54, 1.807) is 0 Å². The second-order valence-corrected chi connectivity index (χ2v) is 9.75. The summed E-state index contributed by atoms with van der Waals surface area (Å²) in [5.74, 6) is 0.609. The third kappa shape index (κ3) is 15.7. The molecule has 0 saturated heterocycles. The third-order valence-corrected chi connectivity index (χ3v) is 7.45. The minimum Gasteiger partial charge on any atom is -0.351 e. The first-order chi connectivity index (χ1) is 13.1. The lowest BCUT2D eigenvalue weighted by Crippen LogP contribution is -2.49. The van der Waals surface area contributed by atoms with E-state index in [0.717, 1.165) is 12.8 Å². The van der Waals surface area contributed by atoms with Crippen LogP contribution in [0, 0.1) is 0 Å². The summed E-state index contributed by atoms with van der Waals surface area (Å²) < 4.78 is 22.7. The highest BCUT2D eigenvalue weighted by atomic mass is 32.2. The zero-order valence-electron chi connectivity index (χ0n) is 18.1. The molecule has 0 heterocycles. The molecule has 0 radical (unpaired) electrons. The van der Waals surface area contributed by atoms with Crippen LogP contribution in [-0.4, -0.2) is 46.3 Å². The van der Waals surface area contributed by atoms with Crippen molar-refractivity contribution in [2.45, 2.75) is 91.9 Å². The Hall–Kier alpha value is 0.0769. The van der Waals surface area contributed by atoms with Gasteiger partial charge in [-0.25, -0.2) is 0 Å². The van der Waals surface area contributed by atoms with Gasteiger partial charge < -0.3 is 17.7 Å². The molecule has 0 rings (SSSR count). The standard InChI is InChI=1S/C20H42O5SSi/c1-5-9-10-11-12-13-14-15-16-17-20(21)26-19-18-25-27(22-6-2,23-7-3)24-8-4/h5-19H2,1-4H3. The van der Waals surface area contributed by atoms with Crippen molar-refractivity contribution < 1.29 is 22.5 Å². The average Bonchev–Trinajstić information content (AvgIpc) is 2.64. The summed E-state index contributed by atoms with van der Waals surface area (Å²) in [7, 11) is -3.04. The van der Waals surface area contributed by atoms with Crippen molar-refractivity contribution in [1.82, 2.24) is 0 Å². The highest BCUT2D eigenvalue weighted by Gasteiger charge is 2.44. The van der Waals surface area contributed by atoms with Crippen molar-refractivity contribution in [2.75, 3.05) is 32.2 Å². The Morgan fingerprint density at radius 3 is 1.67 bits per heavy atom. The Balaban J connectivity index is 3.74. The second kappa shape index (κ2) is 19.4. The predicted molar refractivity (Wildman–Crippen MR) is 116 cm³/mol. The van der Waals surface area contributed by atoms with Gasteiger partial charge in [-0.3, -0.25) is 4.79 Å². The zero-order chi connectivity index (χ0) is 20.2. The van der Waals surface area contributed by atoms with Gasteiger partial charge in [-0.1, -0.05) is 70.1 Å². The van der Waals surface area contributed by atoms with E-state index in [1.807, 2.05) is 20.8 Å². The van der Waals surface area contributed by atoms with Crippen LogP contribution in [0.15, 0.2) is 0 Å². The maximum absolute atomic E-state index is 12.0. The zero-order valence-corrected chi connectivity index (χ0v) is 19.9. The van der Waals surface area contributed by atoms with E-state index in [2.05, 4.69) is 6.92 Å². The number of unbranched alkanes of at least 4 members (excludes halogenated alkanes) is 8. The molecule has 0 N–H and O–H groups in total. The lowest BCUT2D eigenvalue weighted by atomic mass is 10.1. The van der Waals surface area contributed by atoms with Gasteiger partial charge in [0.25, 0.3) is 0 Å². The molecule has 0 unspecified atom stereocenters. The largest absolute Gasteiger partial charge is 0.679 e. The number of thioether (sulfide) groups is 1. The Morgan fingerprint density at radius 1 is 0.704 bits per heavy atom. The average molecular weight is 423 g/mol. The number of hydrogen-bond acceptors (Lipinski definition) is 6. The molecule has 0 fully saturated rings. The normalized spacial score (nSPS) is 11.9. The molecule has 7 heteroatoms. The van der Waals surface area contributed by atoms with Crippen molar-refractivity contribution >= 4 is 25.9 Å². The number of carbonyl (C=O) groups is 1. The van der Waals surface area contributed by atoms with Crippen LogP contribution < -0.4 is 0 Å². The summed E-state index contributed by atoms with van der Waals surface area (Å²) in [5.41, 5.74) is 0. The molecule has 0 aliphatic heterocycles. The summed E-state index contributed by atoms with van der Waals surface area (Å²) in [5, 5.41) is 0.248. The summed E-state index contributed by atoms with van der Waals surface area (Å²) in [4.78, 5) is 12.0. The van der Waals surface area contributed by atoms with E-state index in [1.165, 1.54) is 56.7 Å². The molecule has 162 valence electrons. The third-order valence-electron chi connectivity index (χ3n) is 4.07. The highest BCUT2D eigenvalue weighted by Crippen LogP contribution is 2.16. The van der Waals surface area contributed by atoms with E-state index >= 15 is 0 Å². The van der Waals surface area contributed by atoms with E-state index in [4.69, 9.17) is 17.7 Å². The van der Waals surface area contributed by atoms with Crippen LogP contribution in [0.1, 0.15) is 91.9 Å². The SMILES string of the molecule is CCCCCCCCCCCC(=O)SCCO[Si](OCC)(OCC)OCC. The maximum Gasteiger partial charge on any atom is 0.679 e. The van der Waals surface area contributed by atoms with Gasteiger partial charge >= 0.3 is 9.05 Å². The Bertz CT molecular complexity index is 327. The molecule has 0 saturated carbocycles. The van der Waals surface area contributed by atoms with Crippen LogP contribution >= 0.6 is 11.8 Å². The number of rotatable bonds is 20. The molecular weight excluding hydrogens is 380 g/mol. The molecule has 27 heavy (non-hydrogen) atoms. The van der Waals surface area contributed by atoms with Gasteiger partial charge in [0.2, 0.25) is 0 Å². The monoisotopic (exact) mass is 422 g/mol. The van der Waals surface area contributed by atoms with Gasteiger partial charge in [0.15, 0.2) is 5.12 Å². The van der Waals surface area contributed by atoms with E-state index < -0.39 is 9.05 Å². The first kappa shape index (κ1) is 27.1. The fourth-order valence-corrected chi connectivity index (χ4v) is 5.50. The minimum absolute atomic E-state index is 0.248. The Kier molecular flexibility index (Phi) is 19.5. The van der Waals surface area contributed by atoms with Gasteiger partial charge in [-0.05, 0) is 27.2 Å². The highest BCUT2D eigenvalue weighted by molar-refractivity contribution is 8.13. The molecule has 0 aromatic heterocycles. The molecule has 0 aliphatic rings. The van der Waals surface area contributed by atoms with Crippen LogP contribution in [0.4, 0.5) is 0 Å². The summed E-state index contributed by atoms with van der Waals surface area (Å²) in [6.45, 7) is 9.79. The fraction of sp³-hybridized carbons (Fsp3) is 0.950. The molecule has 5 nitrogen and oxygen atoms in total. The van der Waals surface area contributed by atoms with Crippen molar-refractivity contribution in [3.05, 3.63) is 0 Å². The van der Waals surface area contributed by atoms with Crippen molar-refractivity contribution in [3.8, 4) is 0 Å².